The van der Waals surface area contributed by atoms with Crippen molar-refractivity contribution in [3.63, 3.8) is 0 Å². The molecule has 0 unspecified atom stereocenters. The zero-order valence-electron chi connectivity index (χ0n) is 12.5. The molecular formula is C15H14N2O5S. The van der Waals surface area contributed by atoms with E-state index in [-0.39, 0.29) is 27.7 Å². The molecule has 1 aromatic heterocycles. The largest absolute Gasteiger partial charge is 0.462 e. The lowest BCUT2D eigenvalue weighted by Gasteiger charge is -2.06. The zero-order valence-corrected chi connectivity index (χ0v) is 13.3. The number of esters is 1. The van der Waals surface area contributed by atoms with Crippen LogP contribution in [0.2, 0.25) is 0 Å². The Morgan fingerprint density at radius 2 is 1.96 bits per heavy atom. The number of hydrogen-bond acceptors (Lipinski definition) is 6. The Hall–Kier alpha value is -2.74. The fourth-order valence-corrected chi connectivity index (χ4v) is 3.14. The van der Waals surface area contributed by atoms with E-state index in [1.807, 2.05) is 0 Å². The van der Waals surface area contributed by atoms with Crippen LogP contribution in [0, 0.1) is 10.1 Å². The Bertz CT molecular complexity index is 755. The second kappa shape index (κ2) is 7.01. The highest BCUT2D eigenvalue weighted by molar-refractivity contribution is 7.20. The van der Waals surface area contributed by atoms with E-state index < -0.39 is 16.8 Å². The molecule has 0 saturated carbocycles. The summed E-state index contributed by atoms with van der Waals surface area (Å²) >= 11 is 0.740. The molecule has 0 aliphatic heterocycles. The van der Waals surface area contributed by atoms with E-state index in [1.165, 1.54) is 6.92 Å². The average Bonchev–Trinajstić information content (AvgIpc) is 2.87. The molecule has 0 radical (unpaired) electrons. The van der Waals surface area contributed by atoms with E-state index in [0.29, 0.717) is 5.56 Å². The number of hydrogen-bond donors (Lipinski definition) is 1. The molecule has 0 aliphatic carbocycles. The summed E-state index contributed by atoms with van der Waals surface area (Å²) in [5.41, 5.74) is 0.669. The Kier molecular flexibility index (Phi) is 5.07. The highest BCUT2D eigenvalue weighted by atomic mass is 32.1. The van der Waals surface area contributed by atoms with Gasteiger partial charge >= 0.3 is 11.0 Å². The van der Waals surface area contributed by atoms with Crippen molar-refractivity contribution in [2.45, 2.75) is 13.8 Å². The van der Waals surface area contributed by atoms with Crippen LogP contribution in [0.15, 0.2) is 30.3 Å². The van der Waals surface area contributed by atoms with Gasteiger partial charge in [-0.1, -0.05) is 30.3 Å². The molecule has 0 bridgehead atoms. The van der Waals surface area contributed by atoms with Gasteiger partial charge in [-0.25, -0.2) is 4.79 Å². The molecule has 1 aromatic carbocycles. The Morgan fingerprint density at radius 3 is 2.48 bits per heavy atom. The van der Waals surface area contributed by atoms with Crippen molar-refractivity contribution in [1.82, 2.24) is 0 Å². The van der Waals surface area contributed by atoms with Crippen LogP contribution < -0.4 is 5.32 Å². The first kappa shape index (κ1) is 16.6. The standard InChI is InChI=1S/C15H14N2O5S/c1-3-22-15(19)12-11(10-7-5-4-6-8-10)14(17(20)21)23-13(12)16-9(2)18/h4-8H,3H2,1-2H3,(H,16,18). The minimum Gasteiger partial charge on any atom is -0.462 e. The fourth-order valence-electron chi connectivity index (χ4n) is 2.07. The molecule has 120 valence electrons. The van der Waals surface area contributed by atoms with Gasteiger partial charge in [-0.3, -0.25) is 14.9 Å². The van der Waals surface area contributed by atoms with Crippen molar-refractivity contribution in [2.75, 3.05) is 11.9 Å². The van der Waals surface area contributed by atoms with Crippen molar-refractivity contribution in [3.8, 4) is 11.1 Å². The van der Waals surface area contributed by atoms with Crippen molar-refractivity contribution >= 4 is 33.2 Å². The minimum absolute atomic E-state index is 0.00458. The first-order chi connectivity index (χ1) is 11.0. The van der Waals surface area contributed by atoms with E-state index >= 15 is 0 Å². The van der Waals surface area contributed by atoms with Crippen LogP contribution in [-0.2, 0) is 9.53 Å². The Balaban J connectivity index is 2.74. The second-order valence-corrected chi connectivity index (χ2v) is 5.51. The highest BCUT2D eigenvalue weighted by Crippen LogP contribution is 2.45. The van der Waals surface area contributed by atoms with Gasteiger partial charge in [-0.2, -0.15) is 0 Å². The molecule has 1 heterocycles. The zero-order chi connectivity index (χ0) is 17.0. The number of amides is 1. The molecule has 0 fully saturated rings. The van der Waals surface area contributed by atoms with Crippen LogP contribution in [0.5, 0.6) is 0 Å². The molecule has 23 heavy (non-hydrogen) atoms. The van der Waals surface area contributed by atoms with Gasteiger partial charge in [0.25, 0.3) is 0 Å². The van der Waals surface area contributed by atoms with Crippen molar-refractivity contribution in [1.29, 1.82) is 0 Å². The predicted octanol–water partition coefficient (Wildman–Crippen LogP) is 3.46. The number of thiophene rings is 1. The summed E-state index contributed by atoms with van der Waals surface area (Å²) in [7, 11) is 0. The van der Waals surface area contributed by atoms with Gasteiger partial charge in [0, 0.05) is 6.92 Å². The SMILES string of the molecule is CCOC(=O)c1c(NC(C)=O)sc([N+](=O)[O-])c1-c1ccccc1. The number of nitrogens with zero attached hydrogens (tertiary/aromatic N) is 1. The third-order valence-corrected chi connectivity index (χ3v) is 3.94. The van der Waals surface area contributed by atoms with Crippen molar-refractivity contribution < 1.29 is 19.2 Å². The summed E-state index contributed by atoms with van der Waals surface area (Å²) in [6.45, 7) is 3.03. The summed E-state index contributed by atoms with van der Waals surface area (Å²) in [6.07, 6.45) is 0. The minimum atomic E-state index is -0.709. The molecular weight excluding hydrogens is 320 g/mol. The summed E-state index contributed by atoms with van der Waals surface area (Å²) in [5.74, 6) is -1.13. The van der Waals surface area contributed by atoms with E-state index in [9.17, 15) is 19.7 Å². The lowest BCUT2D eigenvalue weighted by Crippen LogP contribution is -2.11. The van der Waals surface area contributed by atoms with Gasteiger partial charge in [0.2, 0.25) is 5.91 Å². The number of nitrogens with one attached hydrogen (secondary N) is 1. The smallest absolute Gasteiger partial charge is 0.342 e. The molecule has 2 aromatic rings. The van der Waals surface area contributed by atoms with Crippen LogP contribution in [0.25, 0.3) is 11.1 Å². The fraction of sp³-hybridized carbons (Fsp3) is 0.200. The van der Waals surface area contributed by atoms with Crippen LogP contribution in [0.1, 0.15) is 24.2 Å². The Labute approximate surface area is 136 Å². The quantitative estimate of drug-likeness (QED) is 0.513. The molecule has 1 amide bonds. The molecule has 0 spiro atoms. The van der Waals surface area contributed by atoms with Gasteiger partial charge in [0.1, 0.15) is 10.6 Å². The average molecular weight is 334 g/mol. The molecule has 1 N–H and O–H groups in total. The maximum Gasteiger partial charge on any atom is 0.342 e. The topological polar surface area (TPSA) is 98.5 Å². The van der Waals surface area contributed by atoms with Gasteiger partial charge in [-0.05, 0) is 23.8 Å². The van der Waals surface area contributed by atoms with E-state index in [4.69, 9.17) is 4.74 Å². The summed E-state index contributed by atoms with van der Waals surface area (Å²) < 4.78 is 5.00. The third kappa shape index (κ3) is 3.54. The van der Waals surface area contributed by atoms with Crippen molar-refractivity contribution in [2.24, 2.45) is 0 Å². The molecule has 0 atom stereocenters. The summed E-state index contributed by atoms with van der Waals surface area (Å²) in [4.78, 5) is 34.4. The van der Waals surface area contributed by atoms with Crippen LogP contribution >= 0.6 is 11.3 Å². The first-order valence-corrected chi connectivity index (χ1v) is 7.58. The van der Waals surface area contributed by atoms with Gasteiger partial charge in [0.15, 0.2) is 0 Å². The van der Waals surface area contributed by atoms with Crippen molar-refractivity contribution in [3.05, 3.63) is 46.0 Å². The Morgan fingerprint density at radius 1 is 1.30 bits per heavy atom. The monoisotopic (exact) mass is 334 g/mol. The van der Waals surface area contributed by atoms with E-state index in [2.05, 4.69) is 5.32 Å². The number of carbonyl (C=O) groups excluding carboxylic acids is 2. The number of anilines is 1. The van der Waals surface area contributed by atoms with Gasteiger partial charge < -0.3 is 10.1 Å². The predicted molar refractivity (Wildman–Crippen MR) is 86.7 cm³/mol. The second-order valence-electron chi connectivity index (χ2n) is 4.51. The van der Waals surface area contributed by atoms with Crippen LogP contribution in [0.4, 0.5) is 10.0 Å². The number of carbonyl (C=O) groups is 2. The molecule has 8 heteroatoms. The summed E-state index contributed by atoms with van der Waals surface area (Å²) in [5, 5.41) is 13.7. The van der Waals surface area contributed by atoms with Crippen LogP contribution in [0.3, 0.4) is 0 Å². The number of benzene rings is 1. The third-order valence-electron chi connectivity index (χ3n) is 2.89. The molecule has 0 aliphatic rings. The lowest BCUT2D eigenvalue weighted by atomic mass is 10.0. The summed E-state index contributed by atoms with van der Waals surface area (Å²) in [6, 6.07) is 8.51. The molecule has 2 rings (SSSR count). The number of ether oxygens (including phenoxy) is 1. The first-order valence-electron chi connectivity index (χ1n) is 6.77. The normalized spacial score (nSPS) is 10.2. The van der Waals surface area contributed by atoms with Gasteiger partial charge in [-0.15, -0.1) is 0 Å². The van der Waals surface area contributed by atoms with Crippen LogP contribution in [-0.4, -0.2) is 23.4 Å². The van der Waals surface area contributed by atoms with Gasteiger partial charge in [0.05, 0.1) is 17.1 Å². The number of nitro groups is 1. The van der Waals surface area contributed by atoms with E-state index in [0.717, 1.165) is 11.3 Å². The highest BCUT2D eigenvalue weighted by Gasteiger charge is 2.32. The van der Waals surface area contributed by atoms with E-state index in [1.54, 1.807) is 37.3 Å². The maximum atomic E-state index is 12.3. The molecule has 0 saturated heterocycles. The lowest BCUT2D eigenvalue weighted by molar-refractivity contribution is -0.379. The number of rotatable bonds is 5. The molecule has 7 nitrogen and oxygen atoms in total. The maximum absolute atomic E-state index is 12.3.